The van der Waals surface area contributed by atoms with Gasteiger partial charge in [0.15, 0.2) is 0 Å². The lowest BCUT2D eigenvalue weighted by Gasteiger charge is -2.02. The third-order valence-corrected chi connectivity index (χ3v) is 2.26. The highest BCUT2D eigenvalue weighted by Crippen LogP contribution is 2.18. The van der Waals surface area contributed by atoms with Crippen LogP contribution in [0.5, 0.6) is 0 Å². The van der Waals surface area contributed by atoms with E-state index in [0.717, 1.165) is 6.42 Å². The largest absolute Gasteiger partial charge is 0.412 e. The van der Waals surface area contributed by atoms with Crippen molar-refractivity contribution in [3.8, 4) is 0 Å². The molecule has 1 heteroatoms. The van der Waals surface area contributed by atoms with Crippen molar-refractivity contribution in [1.29, 1.82) is 0 Å². The molecule has 0 saturated carbocycles. The molecule has 0 atom stereocenters. The SMILES string of the molecule is CCc1cccc2ccccc12.O. The van der Waals surface area contributed by atoms with E-state index >= 15 is 0 Å². The number of rotatable bonds is 1. The van der Waals surface area contributed by atoms with Crippen molar-refractivity contribution in [3.05, 3.63) is 48.0 Å². The van der Waals surface area contributed by atoms with Crippen molar-refractivity contribution in [2.45, 2.75) is 13.3 Å². The summed E-state index contributed by atoms with van der Waals surface area (Å²) in [6.07, 6.45) is 1.11. The van der Waals surface area contributed by atoms with E-state index in [1.165, 1.54) is 16.3 Å². The molecule has 2 rings (SSSR count). The maximum atomic E-state index is 2.20. The zero-order valence-corrected chi connectivity index (χ0v) is 7.75. The lowest BCUT2D eigenvalue weighted by molar-refractivity contribution is 0.824. The average molecular weight is 174 g/mol. The van der Waals surface area contributed by atoms with Crippen LogP contribution in [0.15, 0.2) is 42.5 Å². The summed E-state index contributed by atoms with van der Waals surface area (Å²) in [6.45, 7) is 2.20. The molecule has 0 bridgehead atoms. The zero-order chi connectivity index (χ0) is 8.39. The van der Waals surface area contributed by atoms with E-state index < -0.39 is 0 Å². The topological polar surface area (TPSA) is 31.5 Å². The van der Waals surface area contributed by atoms with Crippen molar-refractivity contribution in [3.63, 3.8) is 0 Å². The standard InChI is InChI=1S/C12H12.H2O/c1-2-10-7-5-8-11-6-3-4-9-12(10)11;/h3-9H,2H2,1H3;1H2. The van der Waals surface area contributed by atoms with Crippen molar-refractivity contribution >= 4 is 10.8 Å². The van der Waals surface area contributed by atoms with E-state index in [9.17, 15) is 0 Å². The molecule has 13 heavy (non-hydrogen) atoms. The van der Waals surface area contributed by atoms with Crippen LogP contribution in [0.1, 0.15) is 12.5 Å². The molecule has 1 nitrogen and oxygen atoms in total. The van der Waals surface area contributed by atoms with Crippen molar-refractivity contribution in [2.24, 2.45) is 0 Å². The molecule has 0 fully saturated rings. The van der Waals surface area contributed by atoms with Gasteiger partial charge in [-0.1, -0.05) is 49.4 Å². The number of benzene rings is 2. The van der Waals surface area contributed by atoms with Crippen LogP contribution in [0.3, 0.4) is 0 Å². The van der Waals surface area contributed by atoms with Gasteiger partial charge in [0.25, 0.3) is 0 Å². The first kappa shape index (κ1) is 9.75. The summed E-state index contributed by atoms with van der Waals surface area (Å²) in [6, 6.07) is 15.0. The number of hydrogen-bond acceptors (Lipinski definition) is 0. The lowest BCUT2D eigenvalue weighted by atomic mass is 10.0. The third-order valence-electron chi connectivity index (χ3n) is 2.26. The predicted molar refractivity (Wildman–Crippen MR) is 56.9 cm³/mol. The summed E-state index contributed by atoms with van der Waals surface area (Å²) in [4.78, 5) is 0. The Morgan fingerprint density at radius 3 is 2.38 bits per heavy atom. The molecule has 0 saturated heterocycles. The van der Waals surface area contributed by atoms with Crippen LogP contribution < -0.4 is 0 Å². The minimum Gasteiger partial charge on any atom is -0.412 e. The molecule has 2 aromatic rings. The Hall–Kier alpha value is -1.34. The highest BCUT2D eigenvalue weighted by Gasteiger charge is 1.95. The van der Waals surface area contributed by atoms with Gasteiger partial charge in [-0.2, -0.15) is 0 Å². The Labute approximate surface area is 78.3 Å². The molecule has 0 aliphatic carbocycles. The van der Waals surface area contributed by atoms with Crippen LogP contribution in [0.25, 0.3) is 10.8 Å². The fourth-order valence-electron chi connectivity index (χ4n) is 1.60. The van der Waals surface area contributed by atoms with E-state index in [4.69, 9.17) is 0 Å². The quantitative estimate of drug-likeness (QED) is 0.636. The summed E-state index contributed by atoms with van der Waals surface area (Å²) < 4.78 is 0. The minimum absolute atomic E-state index is 0. The minimum atomic E-state index is 0. The molecule has 0 aliphatic heterocycles. The Morgan fingerprint density at radius 1 is 0.923 bits per heavy atom. The summed E-state index contributed by atoms with van der Waals surface area (Å²) in [5.41, 5.74) is 1.44. The van der Waals surface area contributed by atoms with Crippen molar-refractivity contribution in [1.82, 2.24) is 0 Å². The molecule has 0 spiro atoms. The molecule has 68 valence electrons. The van der Waals surface area contributed by atoms with Crippen LogP contribution in [0.4, 0.5) is 0 Å². The molecule has 0 aromatic heterocycles. The van der Waals surface area contributed by atoms with Gasteiger partial charge in [0, 0.05) is 0 Å². The third kappa shape index (κ3) is 1.70. The molecule has 0 heterocycles. The zero-order valence-electron chi connectivity index (χ0n) is 7.75. The first-order valence-corrected chi connectivity index (χ1v) is 4.38. The van der Waals surface area contributed by atoms with Gasteiger partial charge in [-0.25, -0.2) is 0 Å². The lowest BCUT2D eigenvalue weighted by Crippen LogP contribution is -1.81. The second kappa shape index (κ2) is 4.06. The van der Waals surface area contributed by atoms with E-state index in [-0.39, 0.29) is 5.48 Å². The van der Waals surface area contributed by atoms with Gasteiger partial charge >= 0.3 is 0 Å². The van der Waals surface area contributed by atoms with E-state index in [1.54, 1.807) is 0 Å². The molecule has 0 unspecified atom stereocenters. The van der Waals surface area contributed by atoms with Crippen LogP contribution in [0, 0.1) is 0 Å². The highest BCUT2D eigenvalue weighted by molar-refractivity contribution is 5.85. The predicted octanol–water partition coefficient (Wildman–Crippen LogP) is 2.58. The molecule has 0 amide bonds. The summed E-state index contributed by atoms with van der Waals surface area (Å²) in [7, 11) is 0. The van der Waals surface area contributed by atoms with Gasteiger partial charge in [0.05, 0.1) is 0 Å². The van der Waals surface area contributed by atoms with Gasteiger partial charge in [0.2, 0.25) is 0 Å². The highest BCUT2D eigenvalue weighted by atomic mass is 16.0. The Morgan fingerprint density at radius 2 is 1.62 bits per heavy atom. The molecule has 2 aromatic carbocycles. The van der Waals surface area contributed by atoms with Gasteiger partial charge in [-0.15, -0.1) is 0 Å². The van der Waals surface area contributed by atoms with Crippen molar-refractivity contribution in [2.75, 3.05) is 0 Å². The average Bonchev–Trinajstić information content (AvgIpc) is 2.17. The summed E-state index contributed by atoms with van der Waals surface area (Å²) in [5, 5.41) is 2.74. The molecule has 0 radical (unpaired) electrons. The van der Waals surface area contributed by atoms with E-state index in [0.29, 0.717) is 0 Å². The monoisotopic (exact) mass is 174 g/mol. The molecular weight excluding hydrogens is 160 g/mol. The van der Waals surface area contributed by atoms with Crippen LogP contribution in [0.2, 0.25) is 0 Å². The maximum Gasteiger partial charge on any atom is -0.0152 e. The fraction of sp³-hybridized carbons (Fsp3) is 0.167. The fourth-order valence-corrected chi connectivity index (χ4v) is 1.60. The van der Waals surface area contributed by atoms with Crippen LogP contribution in [-0.4, -0.2) is 5.48 Å². The summed E-state index contributed by atoms with van der Waals surface area (Å²) >= 11 is 0. The smallest absolute Gasteiger partial charge is 0.0152 e. The van der Waals surface area contributed by atoms with E-state index in [2.05, 4.69) is 49.4 Å². The first-order valence-electron chi connectivity index (χ1n) is 4.38. The summed E-state index contributed by atoms with van der Waals surface area (Å²) in [5.74, 6) is 0. The second-order valence-corrected chi connectivity index (χ2v) is 2.99. The Balaban J connectivity index is 0.000000845. The van der Waals surface area contributed by atoms with Gasteiger partial charge in [-0.05, 0) is 22.8 Å². The Kier molecular flexibility index (Phi) is 3.04. The van der Waals surface area contributed by atoms with Gasteiger partial charge in [0.1, 0.15) is 0 Å². The first-order chi connectivity index (χ1) is 5.92. The molecular formula is C12H14O. The molecule has 2 N–H and O–H groups in total. The number of aryl methyl sites for hydroxylation is 1. The second-order valence-electron chi connectivity index (χ2n) is 2.99. The number of hydrogen-bond donors (Lipinski definition) is 0. The maximum absolute atomic E-state index is 2.20. The van der Waals surface area contributed by atoms with Crippen molar-refractivity contribution < 1.29 is 5.48 Å². The van der Waals surface area contributed by atoms with E-state index in [1.807, 2.05) is 0 Å². The number of fused-ring (bicyclic) bond motifs is 1. The van der Waals surface area contributed by atoms with Gasteiger partial charge < -0.3 is 5.48 Å². The Bertz CT molecular complexity index is 388. The normalized spacial score (nSPS) is 9.62. The van der Waals surface area contributed by atoms with Gasteiger partial charge in [-0.3, -0.25) is 0 Å². The molecule has 0 aliphatic rings. The van der Waals surface area contributed by atoms with Crippen LogP contribution in [-0.2, 0) is 6.42 Å². The van der Waals surface area contributed by atoms with Crippen LogP contribution >= 0.6 is 0 Å².